The minimum Gasteiger partial charge on any atom is -0.481 e. The van der Waals surface area contributed by atoms with Crippen molar-refractivity contribution in [3.8, 4) is 0 Å². The summed E-state index contributed by atoms with van der Waals surface area (Å²) in [6, 6.07) is 0. The molecule has 0 bridgehead atoms. The summed E-state index contributed by atoms with van der Waals surface area (Å²) in [4.78, 5) is 33.0. The van der Waals surface area contributed by atoms with E-state index in [4.69, 9.17) is 5.11 Å². The molecule has 0 saturated carbocycles. The fraction of sp³-hybridized carbons (Fsp3) is 0.750. The number of carbonyl (C=O) groups is 3. The van der Waals surface area contributed by atoms with E-state index in [1.54, 1.807) is 0 Å². The average molecular weight is 258 g/mol. The van der Waals surface area contributed by atoms with Gasteiger partial charge in [-0.2, -0.15) is 0 Å². The highest BCUT2D eigenvalue weighted by Gasteiger charge is 2.24. The van der Waals surface area contributed by atoms with Crippen LogP contribution in [0.25, 0.3) is 0 Å². The van der Waals surface area contributed by atoms with Crippen molar-refractivity contribution in [3.05, 3.63) is 0 Å². The van der Waals surface area contributed by atoms with Gasteiger partial charge in [-0.05, 0) is 11.8 Å². The first-order chi connectivity index (χ1) is 8.11. The van der Waals surface area contributed by atoms with Crippen LogP contribution in [0.3, 0.4) is 0 Å². The SMILES string of the molecule is CC(=O)NCC(=O)NCC(CC(C)(C)C)C(=O)O. The van der Waals surface area contributed by atoms with Gasteiger partial charge in [0.2, 0.25) is 11.8 Å². The summed E-state index contributed by atoms with van der Waals surface area (Å²) >= 11 is 0. The third-order valence-electron chi connectivity index (χ3n) is 2.25. The van der Waals surface area contributed by atoms with E-state index in [9.17, 15) is 14.4 Å². The molecule has 0 aliphatic heterocycles. The second-order valence-electron chi connectivity index (χ2n) is 5.51. The maximum absolute atomic E-state index is 11.3. The van der Waals surface area contributed by atoms with E-state index < -0.39 is 11.9 Å². The molecular formula is C12H22N2O4. The summed E-state index contributed by atoms with van der Waals surface area (Å²) < 4.78 is 0. The topological polar surface area (TPSA) is 95.5 Å². The summed E-state index contributed by atoms with van der Waals surface area (Å²) in [6.45, 7) is 7.10. The van der Waals surface area contributed by atoms with Crippen molar-refractivity contribution >= 4 is 17.8 Å². The Labute approximate surface area is 107 Å². The van der Waals surface area contributed by atoms with Crippen molar-refractivity contribution in [3.63, 3.8) is 0 Å². The minimum atomic E-state index is -0.926. The van der Waals surface area contributed by atoms with Crippen LogP contribution in [0.1, 0.15) is 34.1 Å². The zero-order valence-electron chi connectivity index (χ0n) is 11.4. The highest BCUT2D eigenvalue weighted by Crippen LogP contribution is 2.24. The van der Waals surface area contributed by atoms with Crippen LogP contribution in [0.5, 0.6) is 0 Å². The highest BCUT2D eigenvalue weighted by atomic mass is 16.4. The molecule has 0 aromatic carbocycles. The minimum absolute atomic E-state index is 0.0744. The van der Waals surface area contributed by atoms with Crippen molar-refractivity contribution in [2.75, 3.05) is 13.1 Å². The van der Waals surface area contributed by atoms with Gasteiger partial charge in [0, 0.05) is 13.5 Å². The molecule has 6 nitrogen and oxygen atoms in total. The predicted octanol–water partition coefficient (Wildman–Crippen LogP) is 0.376. The smallest absolute Gasteiger partial charge is 0.308 e. The first-order valence-corrected chi connectivity index (χ1v) is 5.86. The normalized spacial score (nSPS) is 12.7. The number of amides is 2. The molecule has 1 unspecified atom stereocenters. The molecular weight excluding hydrogens is 236 g/mol. The quantitative estimate of drug-likeness (QED) is 0.641. The molecule has 104 valence electrons. The van der Waals surface area contributed by atoms with Crippen molar-refractivity contribution in [1.29, 1.82) is 0 Å². The maximum atomic E-state index is 11.3. The van der Waals surface area contributed by atoms with Crippen molar-refractivity contribution < 1.29 is 19.5 Å². The summed E-state index contributed by atoms with van der Waals surface area (Å²) in [6.07, 6.45) is 0.475. The Kier molecular flexibility index (Phi) is 6.36. The van der Waals surface area contributed by atoms with E-state index in [1.807, 2.05) is 20.8 Å². The molecule has 18 heavy (non-hydrogen) atoms. The molecule has 0 fully saturated rings. The van der Waals surface area contributed by atoms with Gasteiger partial charge in [0.1, 0.15) is 0 Å². The lowest BCUT2D eigenvalue weighted by atomic mass is 9.84. The van der Waals surface area contributed by atoms with Gasteiger partial charge >= 0.3 is 5.97 Å². The van der Waals surface area contributed by atoms with E-state index in [2.05, 4.69) is 10.6 Å². The molecule has 6 heteroatoms. The van der Waals surface area contributed by atoms with Gasteiger partial charge in [0.15, 0.2) is 0 Å². The van der Waals surface area contributed by atoms with Gasteiger partial charge in [0.05, 0.1) is 12.5 Å². The van der Waals surface area contributed by atoms with Crippen LogP contribution in [0.15, 0.2) is 0 Å². The molecule has 0 rings (SSSR count). The Balaban J connectivity index is 4.16. The lowest BCUT2D eigenvalue weighted by Gasteiger charge is -2.23. The Morgan fingerprint density at radius 1 is 1.17 bits per heavy atom. The van der Waals surface area contributed by atoms with Gasteiger partial charge in [-0.15, -0.1) is 0 Å². The maximum Gasteiger partial charge on any atom is 0.308 e. The van der Waals surface area contributed by atoms with Gasteiger partial charge < -0.3 is 15.7 Å². The highest BCUT2D eigenvalue weighted by molar-refractivity contribution is 5.83. The van der Waals surface area contributed by atoms with Crippen LogP contribution in [-0.4, -0.2) is 36.0 Å². The number of carbonyl (C=O) groups excluding carboxylic acids is 2. The van der Waals surface area contributed by atoms with Gasteiger partial charge in [-0.1, -0.05) is 20.8 Å². The van der Waals surface area contributed by atoms with Crippen LogP contribution in [0, 0.1) is 11.3 Å². The number of rotatable bonds is 6. The average Bonchev–Trinajstić information content (AvgIpc) is 2.19. The van der Waals surface area contributed by atoms with E-state index in [0.29, 0.717) is 6.42 Å². The standard InChI is InChI=1S/C12H22N2O4/c1-8(15)13-7-10(16)14-6-9(11(17)18)5-12(2,3)4/h9H,5-7H2,1-4H3,(H,13,15)(H,14,16)(H,17,18). The van der Waals surface area contributed by atoms with Gasteiger partial charge in [0.25, 0.3) is 0 Å². The number of hydrogen-bond donors (Lipinski definition) is 3. The van der Waals surface area contributed by atoms with Crippen molar-refractivity contribution in [1.82, 2.24) is 10.6 Å². The molecule has 0 aliphatic rings. The molecule has 2 amide bonds. The van der Waals surface area contributed by atoms with Crippen molar-refractivity contribution in [2.24, 2.45) is 11.3 Å². The number of hydrogen-bond acceptors (Lipinski definition) is 3. The Morgan fingerprint density at radius 3 is 2.11 bits per heavy atom. The third kappa shape index (κ3) is 8.55. The molecule has 0 aromatic heterocycles. The van der Waals surface area contributed by atoms with E-state index in [0.717, 1.165) is 0 Å². The van der Waals surface area contributed by atoms with E-state index in [1.165, 1.54) is 6.92 Å². The molecule has 0 saturated heterocycles. The molecule has 0 heterocycles. The first kappa shape index (κ1) is 16.4. The van der Waals surface area contributed by atoms with E-state index in [-0.39, 0.29) is 30.3 Å². The van der Waals surface area contributed by atoms with Crippen LogP contribution in [0.2, 0.25) is 0 Å². The second-order valence-corrected chi connectivity index (χ2v) is 5.51. The number of carboxylic acids is 1. The molecule has 3 N–H and O–H groups in total. The molecule has 0 spiro atoms. The Bertz CT molecular complexity index is 321. The third-order valence-corrected chi connectivity index (χ3v) is 2.25. The lowest BCUT2D eigenvalue weighted by Crippen LogP contribution is -2.40. The van der Waals surface area contributed by atoms with Crippen LogP contribution in [-0.2, 0) is 14.4 Å². The largest absolute Gasteiger partial charge is 0.481 e. The second kappa shape index (κ2) is 6.98. The Hall–Kier alpha value is -1.59. The Morgan fingerprint density at radius 2 is 1.72 bits per heavy atom. The predicted molar refractivity (Wildman–Crippen MR) is 66.9 cm³/mol. The zero-order chi connectivity index (χ0) is 14.3. The fourth-order valence-corrected chi connectivity index (χ4v) is 1.49. The van der Waals surface area contributed by atoms with Crippen LogP contribution < -0.4 is 10.6 Å². The summed E-state index contributed by atoms with van der Waals surface area (Å²) in [5.41, 5.74) is -0.120. The van der Waals surface area contributed by atoms with Gasteiger partial charge in [-0.3, -0.25) is 14.4 Å². The van der Waals surface area contributed by atoms with Gasteiger partial charge in [-0.25, -0.2) is 0 Å². The fourth-order valence-electron chi connectivity index (χ4n) is 1.49. The number of aliphatic carboxylic acids is 1. The molecule has 0 aliphatic carbocycles. The first-order valence-electron chi connectivity index (χ1n) is 5.86. The van der Waals surface area contributed by atoms with Crippen LogP contribution in [0.4, 0.5) is 0 Å². The lowest BCUT2D eigenvalue weighted by molar-refractivity contribution is -0.142. The summed E-state index contributed by atoms with van der Waals surface area (Å²) in [5.74, 6) is -2.23. The zero-order valence-corrected chi connectivity index (χ0v) is 11.4. The monoisotopic (exact) mass is 258 g/mol. The number of carboxylic acid groups (broad SMARTS) is 1. The number of nitrogens with one attached hydrogen (secondary N) is 2. The molecule has 0 aromatic rings. The molecule has 1 atom stereocenters. The van der Waals surface area contributed by atoms with E-state index >= 15 is 0 Å². The van der Waals surface area contributed by atoms with Crippen LogP contribution >= 0.6 is 0 Å². The summed E-state index contributed by atoms with van der Waals surface area (Å²) in [5, 5.41) is 13.9. The molecule has 0 radical (unpaired) electrons. The summed E-state index contributed by atoms with van der Waals surface area (Å²) in [7, 11) is 0. The van der Waals surface area contributed by atoms with Crippen molar-refractivity contribution in [2.45, 2.75) is 34.1 Å².